The summed E-state index contributed by atoms with van der Waals surface area (Å²) in [5.41, 5.74) is -1.38. The molecule has 34 heavy (non-hydrogen) atoms. The van der Waals surface area contributed by atoms with Crippen LogP contribution in [0.5, 0.6) is 0 Å². The van der Waals surface area contributed by atoms with Crippen LogP contribution in [0.15, 0.2) is 0 Å². The van der Waals surface area contributed by atoms with Crippen molar-refractivity contribution in [1.82, 2.24) is 0 Å². The van der Waals surface area contributed by atoms with Gasteiger partial charge in [-0.25, -0.2) is 0 Å². The first kappa shape index (κ1) is 45.5. The van der Waals surface area contributed by atoms with E-state index in [-0.39, 0.29) is 65.0 Å². The number of hydrogen-bond acceptors (Lipinski definition) is 16. The summed E-state index contributed by atoms with van der Waals surface area (Å²) < 4.78 is 0. The van der Waals surface area contributed by atoms with Crippen LogP contribution >= 0.6 is 0 Å². The number of carbonyl (C=O) groups excluding carboxylic acids is 6. The summed E-state index contributed by atoms with van der Waals surface area (Å²) in [6.45, 7) is -0.278. The molecule has 0 aliphatic rings. The number of aliphatic hydroxyl groups is 2. The third kappa shape index (κ3) is 24.7. The molecule has 0 fully saturated rings. The molecule has 0 bridgehead atoms. The first-order valence-corrected chi connectivity index (χ1v) is 7.41. The van der Waals surface area contributed by atoms with Gasteiger partial charge in [0.15, 0.2) is 0 Å². The number of aliphatic carboxylic acids is 7. The van der Waals surface area contributed by atoms with E-state index in [9.17, 15) is 64.2 Å². The van der Waals surface area contributed by atoms with E-state index in [0.717, 1.165) is 0 Å². The molecule has 0 aromatic heterocycles. The maximum absolute atomic E-state index is 10.1. The van der Waals surface area contributed by atoms with Crippen molar-refractivity contribution in [2.24, 2.45) is 5.73 Å². The maximum Gasteiger partial charge on any atom is 2.00 e. The van der Waals surface area contributed by atoms with Crippen molar-refractivity contribution in [3.05, 3.63) is 0 Å². The van der Waals surface area contributed by atoms with Gasteiger partial charge in [0, 0.05) is 49.6 Å². The molecule has 0 aliphatic heterocycles. The summed E-state index contributed by atoms with van der Waals surface area (Å²) in [4.78, 5) is 69.2. The Balaban J connectivity index is -0.0000000897. The number of carboxylic acids is 7. The van der Waals surface area contributed by atoms with Crippen molar-refractivity contribution in [2.45, 2.75) is 36.9 Å². The van der Waals surface area contributed by atoms with E-state index in [1.54, 1.807) is 0 Å². The molecule has 0 atom stereocenters. The van der Waals surface area contributed by atoms with E-state index in [0.29, 0.717) is 0 Å². The molecular formula is C14H15NO16Zn3. The van der Waals surface area contributed by atoms with E-state index in [4.69, 9.17) is 15.3 Å². The molecule has 0 spiro atoms. The van der Waals surface area contributed by atoms with Gasteiger partial charge >= 0.3 is 64.4 Å². The number of hydrogen-bond donors (Lipinski definition) is 4. The normalized spacial score (nSPS) is 9.38. The van der Waals surface area contributed by atoms with Gasteiger partial charge in [-0.2, -0.15) is 0 Å². The van der Waals surface area contributed by atoms with Crippen molar-refractivity contribution in [3.63, 3.8) is 0 Å². The average Bonchev–Trinajstić information content (AvgIpc) is 2.52. The Morgan fingerprint density at radius 1 is 0.559 bits per heavy atom. The molecule has 0 aliphatic carbocycles. The van der Waals surface area contributed by atoms with Crippen molar-refractivity contribution < 1.29 is 138 Å². The zero-order valence-electron chi connectivity index (χ0n) is 17.4. The maximum atomic E-state index is 10.1. The van der Waals surface area contributed by atoms with Gasteiger partial charge in [0.25, 0.3) is 0 Å². The molecule has 5 N–H and O–H groups in total. The molecule has 0 aromatic rings. The Morgan fingerprint density at radius 2 is 0.706 bits per heavy atom. The number of rotatable bonds is 11. The summed E-state index contributed by atoms with van der Waals surface area (Å²) in [5, 5.41) is 85.4. The van der Waals surface area contributed by atoms with E-state index in [1.807, 2.05) is 0 Å². The van der Waals surface area contributed by atoms with Crippen LogP contribution in [0.25, 0.3) is 0 Å². The Bertz CT molecular complexity index is 629. The molecule has 0 radical (unpaired) electrons. The fourth-order valence-electron chi connectivity index (χ4n) is 1.37. The standard InChI is InChI=1S/2C6H8O7.C2H5NO2.3Zn/c2*7-3(8)1-6(13,5(11)12)2-4(9)10;3-1-2(4)5;;;/h2*13H,1-2H2,(H,7,8)(H,9,10)(H,11,12);1,3H2,(H,4,5);;;/q;;;3*+2/p-6. The number of carbonyl (C=O) groups is 7. The molecule has 0 amide bonds. The quantitative estimate of drug-likeness (QED) is 0.151. The summed E-state index contributed by atoms with van der Waals surface area (Å²) in [5.74, 6) is -12.9. The first-order chi connectivity index (χ1) is 13.8. The van der Waals surface area contributed by atoms with Crippen LogP contribution in [0.3, 0.4) is 0 Å². The van der Waals surface area contributed by atoms with Crippen molar-refractivity contribution >= 4 is 41.8 Å². The Labute approximate surface area is 228 Å². The summed E-state index contributed by atoms with van der Waals surface area (Å²) in [6.07, 6.45) is -5.43. The monoisotopic (exact) mass is 645 g/mol. The third-order valence-electron chi connectivity index (χ3n) is 2.68. The third-order valence-corrected chi connectivity index (χ3v) is 2.68. The second kappa shape index (κ2) is 21.6. The molecule has 17 nitrogen and oxygen atoms in total. The molecular weight excluding hydrogens is 634 g/mol. The smallest absolute Gasteiger partial charge is 0.550 e. The molecule has 20 heteroatoms. The van der Waals surface area contributed by atoms with E-state index in [2.05, 4.69) is 5.73 Å². The van der Waals surface area contributed by atoms with Crippen LogP contribution in [0.4, 0.5) is 0 Å². The fourth-order valence-corrected chi connectivity index (χ4v) is 1.37. The van der Waals surface area contributed by atoms with Gasteiger partial charge < -0.3 is 80.5 Å². The van der Waals surface area contributed by atoms with Crippen LogP contribution in [-0.2, 0) is 92.0 Å². The zero-order chi connectivity index (χ0) is 25.6. The predicted molar refractivity (Wildman–Crippen MR) is 75.1 cm³/mol. The van der Waals surface area contributed by atoms with Gasteiger partial charge in [0.1, 0.15) is 11.2 Å². The number of carboxylic acid groups (broad SMARTS) is 7. The second-order valence-corrected chi connectivity index (χ2v) is 5.43. The fraction of sp³-hybridized carbons (Fsp3) is 0.500. The van der Waals surface area contributed by atoms with Gasteiger partial charge in [0.2, 0.25) is 0 Å². The summed E-state index contributed by atoms with van der Waals surface area (Å²) >= 11 is 0. The minimum Gasteiger partial charge on any atom is -0.550 e. The SMILES string of the molecule is NCC(=O)O.O=C([O-])CC(O)(CC(=O)[O-])C(=O)[O-].O=C([O-])CC(O)(CC(=O)[O-])C(=O)[O-].[Zn+2].[Zn+2].[Zn+2]. The Hall–Kier alpha value is -1.96. The van der Waals surface area contributed by atoms with Crippen molar-refractivity contribution in [2.75, 3.05) is 6.54 Å². The predicted octanol–water partition coefficient (Wildman–Crippen LogP) is -11.5. The average molecular weight is 649 g/mol. The van der Waals surface area contributed by atoms with Gasteiger partial charge in [-0.3, -0.25) is 4.79 Å². The van der Waals surface area contributed by atoms with Gasteiger partial charge in [-0.1, -0.05) is 0 Å². The van der Waals surface area contributed by atoms with Crippen LogP contribution in [0.2, 0.25) is 0 Å². The molecule has 0 aromatic carbocycles. The Morgan fingerprint density at radius 3 is 0.765 bits per heavy atom. The van der Waals surface area contributed by atoms with Crippen molar-refractivity contribution in [1.29, 1.82) is 0 Å². The van der Waals surface area contributed by atoms with Crippen LogP contribution in [-0.4, -0.2) is 74.9 Å². The largest absolute Gasteiger partial charge is 2.00 e. The minimum atomic E-state index is -2.97. The van der Waals surface area contributed by atoms with Gasteiger partial charge in [-0.15, -0.1) is 0 Å². The minimum absolute atomic E-state index is 0. The van der Waals surface area contributed by atoms with E-state index >= 15 is 0 Å². The zero-order valence-corrected chi connectivity index (χ0v) is 26.3. The molecule has 178 valence electrons. The van der Waals surface area contributed by atoms with Crippen molar-refractivity contribution in [3.8, 4) is 0 Å². The molecule has 0 unspecified atom stereocenters. The molecule has 0 heterocycles. The van der Waals surface area contributed by atoms with Crippen LogP contribution in [0.1, 0.15) is 25.7 Å². The van der Waals surface area contributed by atoms with Crippen LogP contribution in [0, 0.1) is 0 Å². The van der Waals surface area contributed by atoms with E-state index in [1.165, 1.54) is 0 Å². The Kier molecular flexibility index (Phi) is 28.9. The number of nitrogens with two attached hydrogens (primary N) is 1. The summed E-state index contributed by atoms with van der Waals surface area (Å²) in [6, 6.07) is 0. The molecule has 0 saturated heterocycles. The van der Waals surface area contributed by atoms with Crippen LogP contribution < -0.4 is 36.4 Å². The molecule has 0 saturated carbocycles. The van der Waals surface area contributed by atoms with Gasteiger partial charge in [0.05, 0.1) is 18.5 Å². The van der Waals surface area contributed by atoms with E-state index < -0.39 is 78.7 Å². The molecule has 0 rings (SSSR count). The second-order valence-electron chi connectivity index (χ2n) is 5.43. The van der Waals surface area contributed by atoms with Gasteiger partial charge in [-0.05, 0) is 0 Å². The topological polar surface area (TPSA) is 345 Å². The first-order valence-electron chi connectivity index (χ1n) is 7.41. The summed E-state index contributed by atoms with van der Waals surface area (Å²) in [7, 11) is 0.